The summed E-state index contributed by atoms with van der Waals surface area (Å²) >= 11 is 1.36. The summed E-state index contributed by atoms with van der Waals surface area (Å²) in [5, 5.41) is 0. The predicted molar refractivity (Wildman–Crippen MR) is 72.6 cm³/mol. The maximum atomic E-state index is 11.5. The maximum absolute atomic E-state index is 11.5. The Kier molecular flexibility index (Phi) is 7.27. The van der Waals surface area contributed by atoms with Gasteiger partial charge in [-0.1, -0.05) is 27.2 Å². The number of hydrogen-bond donors (Lipinski definition) is 1. The molecule has 0 saturated carbocycles. The summed E-state index contributed by atoms with van der Waals surface area (Å²) in [5.41, 5.74) is 5.38. The zero-order chi connectivity index (χ0) is 13.5. The average molecular weight is 260 g/mol. The summed E-state index contributed by atoms with van der Waals surface area (Å²) < 4.78 is 0. The predicted octanol–water partition coefficient (Wildman–Crippen LogP) is 1.98. The number of amides is 2. The highest BCUT2D eigenvalue weighted by Crippen LogP contribution is 2.34. The van der Waals surface area contributed by atoms with Gasteiger partial charge in [0.25, 0.3) is 5.91 Å². The van der Waals surface area contributed by atoms with Crippen LogP contribution in [0.4, 0.5) is 0 Å². The fourth-order valence-electron chi connectivity index (χ4n) is 1.88. The summed E-state index contributed by atoms with van der Waals surface area (Å²) in [4.78, 5) is 23.8. The minimum absolute atomic E-state index is 0.0417. The van der Waals surface area contributed by atoms with Gasteiger partial charge in [-0.2, -0.15) is 0 Å². The van der Waals surface area contributed by atoms with E-state index < -0.39 is 10.8 Å². The third-order valence-corrected chi connectivity index (χ3v) is 4.10. The third kappa shape index (κ3) is 3.63. The molecule has 1 saturated heterocycles. The number of primary amides is 1. The van der Waals surface area contributed by atoms with E-state index in [2.05, 4.69) is 13.8 Å². The minimum Gasteiger partial charge on any atom is -0.367 e. The van der Waals surface area contributed by atoms with E-state index in [1.807, 2.05) is 13.2 Å². The lowest BCUT2D eigenvalue weighted by Crippen LogP contribution is -2.55. The van der Waals surface area contributed by atoms with Gasteiger partial charge in [0.1, 0.15) is 0 Å². The number of nitrogens with two attached hydrogens (primary N) is 1. The first-order valence-corrected chi connectivity index (χ1v) is 7.38. The van der Waals surface area contributed by atoms with Crippen LogP contribution in [-0.4, -0.2) is 34.4 Å². The van der Waals surface area contributed by atoms with E-state index in [0.29, 0.717) is 19.4 Å². The van der Waals surface area contributed by atoms with Gasteiger partial charge in [-0.25, -0.2) is 0 Å². The molecular formula is C12H24N2O2S. The molecule has 1 heterocycles. The molecule has 0 radical (unpaired) electrons. The summed E-state index contributed by atoms with van der Waals surface area (Å²) in [6.07, 6.45) is 5.00. The van der Waals surface area contributed by atoms with Crippen molar-refractivity contribution in [1.82, 2.24) is 4.90 Å². The van der Waals surface area contributed by atoms with Crippen LogP contribution in [0.15, 0.2) is 0 Å². The van der Waals surface area contributed by atoms with E-state index in [1.165, 1.54) is 18.2 Å². The van der Waals surface area contributed by atoms with Gasteiger partial charge < -0.3 is 10.6 Å². The summed E-state index contributed by atoms with van der Waals surface area (Å²) in [5.74, 6) is -0.372. The summed E-state index contributed by atoms with van der Waals surface area (Å²) in [6, 6.07) is 0. The standard InChI is InChI=1S/C9H16N2O2S.C3H8/c1-3-9(14-2,8(10)13)11-6-4-5-7(11)12;1-3-2/h3-6H2,1-2H3,(H2,10,13);3H2,1-2H3. The highest BCUT2D eigenvalue weighted by molar-refractivity contribution is 8.00. The van der Waals surface area contributed by atoms with Crippen molar-refractivity contribution in [3.05, 3.63) is 0 Å². The van der Waals surface area contributed by atoms with Crippen molar-refractivity contribution >= 4 is 23.6 Å². The van der Waals surface area contributed by atoms with Crippen LogP contribution in [0.5, 0.6) is 0 Å². The molecule has 0 aromatic carbocycles. The Morgan fingerprint density at radius 2 is 2.00 bits per heavy atom. The van der Waals surface area contributed by atoms with Crippen LogP contribution in [0.3, 0.4) is 0 Å². The molecule has 1 aliphatic rings. The Hall–Kier alpha value is -0.710. The molecule has 2 N–H and O–H groups in total. The molecule has 17 heavy (non-hydrogen) atoms. The van der Waals surface area contributed by atoms with Crippen molar-refractivity contribution in [2.24, 2.45) is 5.73 Å². The monoisotopic (exact) mass is 260 g/mol. The van der Waals surface area contributed by atoms with Crippen LogP contribution < -0.4 is 5.73 Å². The quantitative estimate of drug-likeness (QED) is 0.840. The van der Waals surface area contributed by atoms with Crippen molar-refractivity contribution in [1.29, 1.82) is 0 Å². The number of carbonyl (C=O) groups excluding carboxylic acids is 2. The Balaban J connectivity index is 0.000000770. The number of likely N-dealkylation sites (tertiary alicyclic amines) is 1. The first kappa shape index (κ1) is 16.3. The molecule has 1 fully saturated rings. The van der Waals surface area contributed by atoms with Crippen LogP contribution in [0.2, 0.25) is 0 Å². The van der Waals surface area contributed by atoms with Gasteiger partial charge in [0.05, 0.1) is 0 Å². The summed E-state index contributed by atoms with van der Waals surface area (Å²) in [6.45, 7) is 6.78. The molecule has 0 spiro atoms. The molecule has 1 unspecified atom stereocenters. The van der Waals surface area contributed by atoms with Gasteiger partial charge >= 0.3 is 0 Å². The first-order valence-electron chi connectivity index (χ1n) is 6.15. The second-order valence-electron chi connectivity index (χ2n) is 4.06. The Bertz CT molecular complexity index is 265. The first-order chi connectivity index (χ1) is 7.99. The van der Waals surface area contributed by atoms with Gasteiger partial charge in [-0.3, -0.25) is 9.59 Å². The molecule has 100 valence electrons. The molecule has 5 heteroatoms. The van der Waals surface area contributed by atoms with Crippen molar-refractivity contribution in [2.45, 2.75) is 51.3 Å². The van der Waals surface area contributed by atoms with Crippen LogP contribution in [0.25, 0.3) is 0 Å². The Morgan fingerprint density at radius 3 is 2.24 bits per heavy atom. The number of nitrogens with zero attached hydrogens (tertiary/aromatic N) is 1. The molecule has 0 aliphatic carbocycles. The molecule has 0 bridgehead atoms. The maximum Gasteiger partial charge on any atom is 0.253 e. The molecule has 2 amide bonds. The molecule has 0 aromatic heterocycles. The lowest BCUT2D eigenvalue weighted by molar-refractivity contribution is -0.137. The van der Waals surface area contributed by atoms with Gasteiger partial charge in [0.2, 0.25) is 5.91 Å². The van der Waals surface area contributed by atoms with Crippen LogP contribution in [0, 0.1) is 0 Å². The highest BCUT2D eigenvalue weighted by atomic mass is 32.2. The Labute approximate surface area is 108 Å². The Morgan fingerprint density at radius 1 is 1.47 bits per heavy atom. The van der Waals surface area contributed by atoms with Crippen molar-refractivity contribution in [3.63, 3.8) is 0 Å². The number of carbonyl (C=O) groups is 2. The van der Waals surface area contributed by atoms with E-state index in [0.717, 1.165) is 6.42 Å². The van der Waals surface area contributed by atoms with Crippen LogP contribution in [-0.2, 0) is 9.59 Å². The molecule has 4 nitrogen and oxygen atoms in total. The van der Waals surface area contributed by atoms with Crippen molar-refractivity contribution < 1.29 is 9.59 Å². The molecule has 1 atom stereocenters. The zero-order valence-electron chi connectivity index (χ0n) is 11.3. The molecular weight excluding hydrogens is 236 g/mol. The van der Waals surface area contributed by atoms with Gasteiger partial charge in [-0.15, -0.1) is 11.8 Å². The number of hydrogen-bond acceptors (Lipinski definition) is 3. The van der Waals surface area contributed by atoms with Crippen LogP contribution >= 0.6 is 11.8 Å². The fourth-order valence-corrected chi connectivity index (χ4v) is 2.79. The van der Waals surface area contributed by atoms with E-state index in [4.69, 9.17) is 5.73 Å². The molecule has 0 aromatic rings. The van der Waals surface area contributed by atoms with E-state index in [-0.39, 0.29) is 5.91 Å². The van der Waals surface area contributed by atoms with Crippen molar-refractivity contribution in [2.75, 3.05) is 12.8 Å². The van der Waals surface area contributed by atoms with Gasteiger partial charge in [0.15, 0.2) is 4.87 Å². The molecule has 1 rings (SSSR count). The second kappa shape index (κ2) is 7.58. The fraction of sp³-hybridized carbons (Fsp3) is 0.833. The SMILES string of the molecule is CCC.CCC(SC)(C(N)=O)N1CCCC1=O. The third-order valence-electron chi connectivity index (χ3n) is 2.71. The highest BCUT2D eigenvalue weighted by Gasteiger charge is 2.44. The largest absolute Gasteiger partial charge is 0.367 e. The molecule has 1 aliphatic heterocycles. The normalized spacial score (nSPS) is 18.4. The zero-order valence-corrected chi connectivity index (χ0v) is 12.1. The van der Waals surface area contributed by atoms with E-state index in [9.17, 15) is 9.59 Å². The summed E-state index contributed by atoms with van der Waals surface area (Å²) in [7, 11) is 0. The lowest BCUT2D eigenvalue weighted by Gasteiger charge is -2.36. The topological polar surface area (TPSA) is 63.4 Å². The van der Waals surface area contributed by atoms with Crippen LogP contribution in [0.1, 0.15) is 46.5 Å². The second-order valence-corrected chi connectivity index (χ2v) is 5.15. The van der Waals surface area contributed by atoms with Gasteiger partial charge in [0, 0.05) is 13.0 Å². The van der Waals surface area contributed by atoms with E-state index in [1.54, 1.807) is 4.90 Å². The van der Waals surface area contributed by atoms with Crippen molar-refractivity contribution in [3.8, 4) is 0 Å². The smallest absolute Gasteiger partial charge is 0.253 e. The minimum atomic E-state index is -0.826. The number of thioether (sulfide) groups is 1. The van der Waals surface area contributed by atoms with E-state index >= 15 is 0 Å². The van der Waals surface area contributed by atoms with Gasteiger partial charge in [-0.05, 0) is 19.1 Å². The average Bonchev–Trinajstić information content (AvgIpc) is 2.69. The number of rotatable bonds is 4. The lowest BCUT2D eigenvalue weighted by atomic mass is 10.2.